The fraction of sp³-hybridized carbons (Fsp3) is 0.167. The fourth-order valence-electron chi connectivity index (χ4n) is 1.74. The molecule has 1 heterocycles. The normalized spacial score (nSPS) is 10.5. The standard InChI is InChI=1S/C12H11BrN2O2/c1-2-10-14-6-7-15(10)9-5-3-4-8(13)11(9)12(16)17/h3-7H,2H2,1H3,(H,16,17). The second-order valence-corrected chi connectivity index (χ2v) is 4.36. The molecule has 0 aliphatic carbocycles. The number of hydrogen-bond acceptors (Lipinski definition) is 2. The quantitative estimate of drug-likeness (QED) is 0.947. The molecule has 0 atom stereocenters. The number of imidazole rings is 1. The molecule has 0 unspecified atom stereocenters. The summed E-state index contributed by atoms with van der Waals surface area (Å²) < 4.78 is 2.37. The Kier molecular flexibility index (Phi) is 3.28. The van der Waals surface area contributed by atoms with Gasteiger partial charge in [0.25, 0.3) is 0 Å². The summed E-state index contributed by atoms with van der Waals surface area (Å²) in [5.74, 6) is -0.117. The minimum absolute atomic E-state index is 0.250. The van der Waals surface area contributed by atoms with Crippen LogP contribution in [0.15, 0.2) is 35.1 Å². The highest BCUT2D eigenvalue weighted by Crippen LogP contribution is 2.24. The summed E-state index contributed by atoms with van der Waals surface area (Å²) in [7, 11) is 0. The van der Waals surface area contributed by atoms with Crippen molar-refractivity contribution in [3.8, 4) is 5.69 Å². The molecule has 88 valence electrons. The van der Waals surface area contributed by atoms with Gasteiger partial charge in [0.2, 0.25) is 0 Å². The average molecular weight is 295 g/mol. The zero-order valence-electron chi connectivity index (χ0n) is 9.22. The summed E-state index contributed by atoms with van der Waals surface area (Å²) in [6.07, 6.45) is 4.19. The summed E-state index contributed by atoms with van der Waals surface area (Å²) >= 11 is 3.27. The lowest BCUT2D eigenvalue weighted by molar-refractivity contribution is 0.0696. The monoisotopic (exact) mass is 294 g/mol. The Labute approximate surface area is 107 Å². The molecule has 0 aliphatic heterocycles. The summed E-state index contributed by atoms with van der Waals surface area (Å²) in [5, 5.41) is 9.25. The molecule has 0 radical (unpaired) electrons. The number of carboxylic acids is 1. The maximum absolute atomic E-state index is 11.3. The second kappa shape index (κ2) is 4.71. The van der Waals surface area contributed by atoms with Crippen LogP contribution in [0.3, 0.4) is 0 Å². The van der Waals surface area contributed by atoms with Gasteiger partial charge in [-0.1, -0.05) is 13.0 Å². The van der Waals surface area contributed by atoms with E-state index < -0.39 is 5.97 Å². The number of carbonyl (C=O) groups is 1. The first-order valence-corrected chi connectivity index (χ1v) is 5.98. The first kappa shape index (κ1) is 11.9. The number of carboxylic acid groups (broad SMARTS) is 1. The summed E-state index contributed by atoms with van der Waals surface area (Å²) in [6, 6.07) is 5.30. The van der Waals surface area contributed by atoms with Gasteiger partial charge in [-0.15, -0.1) is 0 Å². The van der Waals surface area contributed by atoms with Gasteiger partial charge in [-0.3, -0.25) is 0 Å². The van der Waals surface area contributed by atoms with E-state index in [4.69, 9.17) is 0 Å². The molecule has 0 saturated carbocycles. The van der Waals surface area contributed by atoms with Gasteiger partial charge in [-0.25, -0.2) is 9.78 Å². The van der Waals surface area contributed by atoms with Crippen molar-refractivity contribution in [3.63, 3.8) is 0 Å². The number of rotatable bonds is 3. The van der Waals surface area contributed by atoms with E-state index in [1.165, 1.54) is 0 Å². The van der Waals surface area contributed by atoms with Crippen molar-refractivity contribution < 1.29 is 9.90 Å². The molecule has 17 heavy (non-hydrogen) atoms. The molecule has 1 aromatic heterocycles. The number of aromatic nitrogens is 2. The Balaban J connectivity index is 2.67. The van der Waals surface area contributed by atoms with E-state index in [1.54, 1.807) is 29.1 Å². The van der Waals surface area contributed by atoms with Gasteiger partial charge in [-0.2, -0.15) is 0 Å². The molecule has 0 spiro atoms. The van der Waals surface area contributed by atoms with Crippen molar-refractivity contribution in [2.75, 3.05) is 0 Å². The van der Waals surface area contributed by atoms with E-state index in [1.807, 2.05) is 13.0 Å². The molecular formula is C12H11BrN2O2. The van der Waals surface area contributed by atoms with Gasteiger partial charge in [0.05, 0.1) is 11.3 Å². The Bertz CT molecular complexity index is 563. The van der Waals surface area contributed by atoms with E-state index in [2.05, 4.69) is 20.9 Å². The lowest BCUT2D eigenvalue weighted by atomic mass is 10.1. The van der Waals surface area contributed by atoms with Crippen LogP contribution in [0.25, 0.3) is 5.69 Å². The third-order valence-electron chi connectivity index (χ3n) is 2.50. The number of hydrogen-bond donors (Lipinski definition) is 1. The molecule has 0 saturated heterocycles. The molecule has 2 aromatic rings. The van der Waals surface area contributed by atoms with Crippen molar-refractivity contribution in [1.29, 1.82) is 0 Å². The van der Waals surface area contributed by atoms with Crippen LogP contribution in [-0.4, -0.2) is 20.6 Å². The average Bonchev–Trinajstić information content (AvgIpc) is 2.75. The predicted molar refractivity (Wildman–Crippen MR) is 67.6 cm³/mol. The number of halogens is 1. The van der Waals surface area contributed by atoms with Crippen LogP contribution in [0.5, 0.6) is 0 Å². The maximum atomic E-state index is 11.3. The first-order valence-electron chi connectivity index (χ1n) is 5.19. The van der Waals surface area contributed by atoms with Gasteiger partial charge in [0.1, 0.15) is 5.82 Å². The largest absolute Gasteiger partial charge is 0.478 e. The van der Waals surface area contributed by atoms with Crippen LogP contribution in [0, 0.1) is 0 Å². The van der Waals surface area contributed by atoms with Gasteiger partial charge >= 0.3 is 5.97 Å². The van der Waals surface area contributed by atoms with Crippen LogP contribution in [0.2, 0.25) is 0 Å². The lowest BCUT2D eigenvalue weighted by Gasteiger charge is -2.11. The molecular weight excluding hydrogens is 284 g/mol. The van der Waals surface area contributed by atoms with E-state index >= 15 is 0 Å². The molecule has 0 aliphatic rings. The summed E-state index contributed by atoms with van der Waals surface area (Å²) in [6.45, 7) is 1.98. The Morgan fingerprint density at radius 1 is 1.53 bits per heavy atom. The van der Waals surface area contributed by atoms with E-state index in [0.29, 0.717) is 10.2 Å². The van der Waals surface area contributed by atoms with Crippen molar-refractivity contribution in [2.24, 2.45) is 0 Å². The topological polar surface area (TPSA) is 55.1 Å². The molecule has 1 N–H and O–H groups in total. The van der Waals surface area contributed by atoms with Gasteiger partial charge < -0.3 is 9.67 Å². The zero-order valence-corrected chi connectivity index (χ0v) is 10.8. The molecule has 0 bridgehead atoms. The van der Waals surface area contributed by atoms with Crippen LogP contribution in [-0.2, 0) is 6.42 Å². The highest BCUT2D eigenvalue weighted by atomic mass is 79.9. The molecule has 4 nitrogen and oxygen atoms in total. The Hall–Kier alpha value is -1.62. The third-order valence-corrected chi connectivity index (χ3v) is 3.16. The molecule has 1 aromatic carbocycles. The van der Waals surface area contributed by atoms with Crippen LogP contribution < -0.4 is 0 Å². The van der Waals surface area contributed by atoms with E-state index in [9.17, 15) is 9.90 Å². The first-order chi connectivity index (χ1) is 8.15. The van der Waals surface area contributed by atoms with E-state index in [0.717, 1.165) is 12.2 Å². The van der Waals surface area contributed by atoms with Gasteiger partial charge in [0.15, 0.2) is 0 Å². The smallest absolute Gasteiger partial charge is 0.338 e. The number of aromatic carboxylic acids is 1. The summed E-state index contributed by atoms with van der Waals surface area (Å²) in [5.41, 5.74) is 0.876. The molecule has 5 heteroatoms. The number of benzene rings is 1. The van der Waals surface area contributed by atoms with Gasteiger partial charge in [-0.05, 0) is 28.1 Å². The third kappa shape index (κ3) is 2.10. The molecule has 2 rings (SSSR count). The SMILES string of the molecule is CCc1nccn1-c1cccc(Br)c1C(=O)O. The van der Waals surface area contributed by atoms with Crippen molar-refractivity contribution in [1.82, 2.24) is 9.55 Å². The minimum atomic E-state index is -0.955. The number of aryl methyl sites for hydroxylation is 1. The van der Waals surface area contributed by atoms with Crippen molar-refractivity contribution >= 4 is 21.9 Å². The Morgan fingerprint density at radius 2 is 2.29 bits per heavy atom. The highest BCUT2D eigenvalue weighted by molar-refractivity contribution is 9.10. The van der Waals surface area contributed by atoms with Crippen molar-refractivity contribution in [2.45, 2.75) is 13.3 Å². The molecule has 0 amide bonds. The molecule has 0 fully saturated rings. The number of nitrogens with zero attached hydrogens (tertiary/aromatic N) is 2. The predicted octanol–water partition coefficient (Wildman–Crippen LogP) is 2.90. The fourth-order valence-corrected chi connectivity index (χ4v) is 2.27. The Morgan fingerprint density at radius 3 is 2.94 bits per heavy atom. The van der Waals surface area contributed by atoms with Crippen LogP contribution in [0.4, 0.5) is 0 Å². The second-order valence-electron chi connectivity index (χ2n) is 3.51. The van der Waals surface area contributed by atoms with Crippen molar-refractivity contribution in [3.05, 3.63) is 46.5 Å². The minimum Gasteiger partial charge on any atom is -0.478 e. The highest BCUT2D eigenvalue weighted by Gasteiger charge is 2.16. The van der Waals surface area contributed by atoms with Crippen LogP contribution in [0.1, 0.15) is 23.1 Å². The maximum Gasteiger partial charge on any atom is 0.338 e. The zero-order chi connectivity index (χ0) is 12.4. The van der Waals surface area contributed by atoms with E-state index in [-0.39, 0.29) is 5.56 Å². The van der Waals surface area contributed by atoms with Gasteiger partial charge in [0, 0.05) is 23.3 Å². The lowest BCUT2D eigenvalue weighted by Crippen LogP contribution is -2.08. The summed E-state index contributed by atoms with van der Waals surface area (Å²) in [4.78, 5) is 15.5. The van der Waals surface area contributed by atoms with Crippen LogP contribution >= 0.6 is 15.9 Å².